The van der Waals surface area contributed by atoms with Crippen LogP contribution in [0.25, 0.3) is 11.2 Å². The molecule has 0 spiro atoms. The topological polar surface area (TPSA) is 140 Å². The highest BCUT2D eigenvalue weighted by Crippen LogP contribution is 2.22. The van der Waals surface area contributed by atoms with Gasteiger partial charge in [0.05, 0.1) is 19.0 Å². The molecule has 2 unspecified atom stereocenters. The fourth-order valence-corrected chi connectivity index (χ4v) is 1.67. The SMILES string of the molecule is CC(O)[C@@H](OC(O)CO)n1cnc2c(N)ncnc21. The Kier molecular flexibility index (Phi) is 3.90. The maximum atomic E-state index is 9.72. The smallest absolute Gasteiger partial charge is 0.180 e. The van der Waals surface area contributed by atoms with Crippen LogP contribution < -0.4 is 5.73 Å². The zero-order valence-electron chi connectivity index (χ0n) is 10.2. The number of rotatable bonds is 5. The first-order chi connectivity index (χ1) is 9.04. The molecule has 9 nitrogen and oxygen atoms in total. The molecule has 0 radical (unpaired) electrons. The maximum absolute atomic E-state index is 9.72. The number of hydrogen-bond acceptors (Lipinski definition) is 8. The fourth-order valence-electron chi connectivity index (χ4n) is 1.67. The minimum atomic E-state index is -1.42. The van der Waals surface area contributed by atoms with Gasteiger partial charge >= 0.3 is 0 Å². The van der Waals surface area contributed by atoms with Crippen LogP contribution >= 0.6 is 0 Å². The molecule has 0 aromatic carbocycles. The van der Waals surface area contributed by atoms with Crippen LogP contribution in [-0.2, 0) is 4.74 Å². The van der Waals surface area contributed by atoms with E-state index in [0.717, 1.165) is 0 Å². The van der Waals surface area contributed by atoms with Gasteiger partial charge in [-0.05, 0) is 6.92 Å². The van der Waals surface area contributed by atoms with E-state index in [2.05, 4.69) is 15.0 Å². The Morgan fingerprint density at radius 3 is 2.74 bits per heavy atom. The highest BCUT2D eigenvalue weighted by atomic mass is 16.6. The third-order valence-corrected chi connectivity index (χ3v) is 2.53. The predicted octanol–water partition coefficient (Wildman–Crippen LogP) is -1.38. The molecule has 0 aliphatic rings. The Morgan fingerprint density at radius 1 is 1.37 bits per heavy atom. The number of nitrogen functional groups attached to an aromatic ring is 1. The van der Waals surface area contributed by atoms with Gasteiger partial charge < -0.3 is 25.8 Å². The number of imidazole rings is 1. The zero-order chi connectivity index (χ0) is 14.0. The molecular formula is C10H15N5O4. The van der Waals surface area contributed by atoms with Gasteiger partial charge in [-0.15, -0.1) is 0 Å². The van der Waals surface area contributed by atoms with Crippen LogP contribution in [0.2, 0.25) is 0 Å². The summed E-state index contributed by atoms with van der Waals surface area (Å²) in [6.07, 6.45) is -0.707. The molecule has 104 valence electrons. The molecule has 0 aliphatic heterocycles. The summed E-state index contributed by atoms with van der Waals surface area (Å²) in [4.78, 5) is 11.8. The van der Waals surface area contributed by atoms with E-state index in [1.165, 1.54) is 24.1 Å². The first-order valence-electron chi connectivity index (χ1n) is 5.60. The number of aliphatic hydroxyl groups is 3. The molecule has 3 atom stereocenters. The minimum Gasteiger partial charge on any atom is -0.391 e. The van der Waals surface area contributed by atoms with Crippen LogP contribution in [-0.4, -0.2) is 53.8 Å². The summed E-state index contributed by atoms with van der Waals surface area (Å²) in [6.45, 7) is 0.887. The summed E-state index contributed by atoms with van der Waals surface area (Å²) in [5.41, 5.74) is 6.39. The Morgan fingerprint density at radius 2 is 2.11 bits per heavy atom. The van der Waals surface area contributed by atoms with Crippen LogP contribution in [0.3, 0.4) is 0 Å². The van der Waals surface area contributed by atoms with Gasteiger partial charge in [-0.3, -0.25) is 4.57 Å². The Bertz CT molecular complexity index is 558. The third kappa shape index (κ3) is 2.63. The van der Waals surface area contributed by atoms with Gasteiger partial charge in [0.2, 0.25) is 0 Å². The molecule has 0 saturated carbocycles. The summed E-state index contributed by atoms with van der Waals surface area (Å²) in [5, 5.41) is 27.8. The normalized spacial score (nSPS) is 16.4. The summed E-state index contributed by atoms with van der Waals surface area (Å²) >= 11 is 0. The molecule has 9 heteroatoms. The molecule has 2 rings (SSSR count). The summed E-state index contributed by atoms with van der Waals surface area (Å²) in [6, 6.07) is 0. The monoisotopic (exact) mass is 269 g/mol. The van der Waals surface area contributed by atoms with Crippen molar-refractivity contribution in [2.75, 3.05) is 12.3 Å². The fraction of sp³-hybridized carbons (Fsp3) is 0.500. The first kappa shape index (κ1) is 13.6. The van der Waals surface area contributed by atoms with Gasteiger partial charge in [-0.2, -0.15) is 0 Å². The van der Waals surface area contributed by atoms with Crippen molar-refractivity contribution in [3.8, 4) is 0 Å². The van der Waals surface area contributed by atoms with Crippen molar-refractivity contribution in [2.24, 2.45) is 0 Å². The molecule has 0 bridgehead atoms. The number of hydrogen-bond donors (Lipinski definition) is 4. The molecule has 19 heavy (non-hydrogen) atoms. The molecule has 0 saturated heterocycles. The van der Waals surface area contributed by atoms with Crippen LogP contribution in [0.4, 0.5) is 5.82 Å². The van der Waals surface area contributed by atoms with Gasteiger partial charge in [0, 0.05) is 0 Å². The van der Waals surface area contributed by atoms with Crippen molar-refractivity contribution in [1.29, 1.82) is 0 Å². The molecule has 2 heterocycles. The average Bonchev–Trinajstić information content (AvgIpc) is 2.80. The third-order valence-electron chi connectivity index (χ3n) is 2.53. The van der Waals surface area contributed by atoms with E-state index in [1.54, 1.807) is 0 Å². The van der Waals surface area contributed by atoms with Gasteiger partial charge in [-0.25, -0.2) is 15.0 Å². The van der Waals surface area contributed by atoms with E-state index in [4.69, 9.17) is 15.6 Å². The zero-order valence-corrected chi connectivity index (χ0v) is 10.2. The predicted molar refractivity (Wildman–Crippen MR) is 64.6 cm³/mol. The van der Waals surface area contributed by atoms with E-state index in [-0.39, 0.29) is 5.82 Å². The number of nitrogens with two attached hydrogens (primary N) is 1. The van der Waals surface area contributed by atoms with E-state index >= 15 is 0 Å². The van der Waals surface area contributed by atoms with Crippen molar-refractivity contribution < 1.29 is 20.1 Å². The van der Waals surface area contributed by atoms with E-state index in [1.807, 2.05) is 0 Å². The lowest BCUT2D eigenvalue weighted by atomic mass is 10.3. The number of fused-ring (bicyclic) bond motifs is 1. The number of aliphatic hydroxyl groups excluding tert-OH is 3. The number of nitrogens with zero attached hydrogens (tertiary/aromatic N) is 4. The quantitative estimate of drug-likeness (QED) is 0.487. The Hall–Kier alpha value is -1.81. The largest absolute Gasteiger partial charge is 0.391 e. The van der Waals surface area contributed by atoms with Crippen LogP contribution in [0.15, 0.2) is 12.7 Å². The summed E-state index contributed by atoms with van der Waals surface area (Å²) in [5.74, 6) is 0.204. The summed E-state index contributed by atoms with van der Waals surface area (Å²) < 4.78 is 6.54. The second-order valence-electron chi connectivity index (χ2n) is 3.99. The maximum Gasteiger partial charge on any atom is 0.180 e. The molecule has 5 N–H and O–H groups in total. The standard InChI is InChI=1S/C10H15N5O4/c1-5(17)10(19-6(18)2-16)15-4-14-7-8(11)12-3-13-9(7)15/h3-6,10,16-18H,2H2,1H3,(H2,11,12,13)/t5?,6?,10-/m1/s1. The van der Waals surface area contributed by atoms with E-state index in [9.17, 15) is 10.2 Å². The minimum absolute atomic E-state index is 0.204. The average molecular weight is 269 g/mol. The lowest BCUT2D eigenvalue weighted by Gasteiger charge is -2.24. The van der Waals surface area contributed by atoms with Crippen molar-refractivity contribution >= 4 is 17.0 Å². The molecule has 2 aromatic rings. The van der Waals surface area contributed by atoms with E-state index < -0.39 is 25.2 Å². The van der Waals surface area contributed by atoms with Gasteiger partial charge in [0.1, 0.15) is 11.8 Å². The first-order valence-corrected chi connectivity index (χ1v) is 5.60. The van der Waals surface area contributed by atoms with Crippen LogP contribution in [0, 0.1) is 0 Å². The van der Waals surface area contributed by atoms with Gasteiger partial charge in [-0.1, -0.05) is 0 Å². The van der Waals surface area contributed by atoms with Crippen LogP contribution in [0.1, 0.15) is 13.2 Å². The highest BCUT2D eigenvalue weighted by molar-refractivity contribution is 5.81. The summed E-state index contributed by atoms with van der Waals surface area (Å²) in [7, 11) is 0. The lowest BCUT2D eigenvalue weighted by Crippen LogP contribution is -2.30. The van der Waals surface area contributed by atoms with Crippen LogP contribution in [0.5, 0.6) is 0 Å². The Balaban J connectivity index is 2.42. The van der Waals surface area contributed by atoms with Crippen molar-refractivity contribution in [3.05, 3.63) is 12.7 Å². The van der Waals surface area contributed by atoms with Gasteiger partial charge in [0.15, 0.2) is 24.0 Å². The number of ether oxygens (including phenoxy) is 1. The second kappa shape index (κ2) is 5.45. The molecule has 0 amide bonds. The molecule has 2 aromatic heterocycles. The van der Waals surface area contributed by atoms with Crippen molar-refractivity contribution in [2.45, 2.75) is 25.5 Å². The number of aromatic nitrogens is 4. The molecule has 0 fully saturated rings. The number of anilines is 1. The van der Waals surface area contributed by atoms with Crippen molar-refractivity contribution in [3.63, 3.8) is 0 Å². The highest BCUT2D eigenvalue weighted by Gasteiger charge is 2.24. The lowest BCUT2D eigenvalue weighted by molar-refractivity contribution is -0.202. The second-order valence-corrected chi connectivity index (χ2v) is 3.99. The van der Waals surface area contributed by atoms with Crippen molar-refractivity contribution in [1.82, 2.24) is 19.5 Å². The van der Waals surface area contributed by atoms with Gasteiger partial charge in [0.25, 0.3) is 0 Å². The molecule has 0 aliphatic carbocycles. The Labute approximate surface area is 108 Å². The van der Waals surface area contributed by atoms with E-state index in [0.29, 0.717) is 11.2 Å². The molecular weight excluding hydrogens is 254 g/mol.